The third kappa shape index (κ3) is 4.70. The molecular formula is C13H18F3N3. The maximum atomic E-state index is 12.3. The van der Waals surface area contributed by atoms with Crippen LogP contribution in [0.4, 0.5) is 19.0 Å². The van der Waals surface area contributed by atoms with Crippen molar-refractivity contribution in [2.75, 3.05) is 31.5 Å². The summed E-state index contributed by atoms with van der Waals surface area (Å²) in [5.41, 5.74) is 1.11. The monoisotopic (exact) mass is 273 g/mol. The largest absolute Gasteiger partial charge is 0.401 e. The summed E-state index contributed by atoms with van der Waals surface area (Å²) in [6.07, 6.45) is -1.57. The van der Waals surface area contributed by atoms with Gasteiger partial charge in [0.1, 0.15) is 5.82 Å². The zero-order chi connectivity index (χ0) is 13.9. The third-order valence-electron chi connectivity index (χ3n) is 3.26. The van der Waals surface area contributed by atoms with E-state index in [1.54, 1.807) is 6.20 Å². The van der Waals surface area contributed by atoms with E-state index >= 15 is 0 Å². The van der Waals surface area contributed by atoms with E-state index < -0.39 is 12.7 Å². The first kappa shape index (κ1) is 14.1. The maximum Gasteiger partial charge on any atom is 0.401 e. The number of rotatable bonds is 4. The molecule has 106 valence electrons. The Morgan fingerprint density at radius 3 is 2.95 bits per heavy atom. The summed E-state index contributed by atoms with van der Waals surface area (Å²) in [5.74, 6) is 1.04. The highest BCUT2D eigenvalue weighted by atomic mass is 19.4. The van der Waals surface area contributed by atoms with Gasteiger partial charge in [-0.3, -0.25) is 4.90 Å². The molecule has 0 spiro atoms. The minimum Gasteiger partial charge on any atom is -0.370 e. The van der Waals surface area contributed by atoms with Crippen molar-refractivity contribution in [1.82, 2.24) is 9.88 Å². The van der Waals surface area contributed by atoms with E-state index in [1.165, 1.54) is 4.90 Å². The van der Waals surface area contributed by atoms with Crippen LogP contribution >= 0.6 is 0 Å². The number of alkyl halides is 3. The molecule has 1 fully saturated rings. The Labute approximate surface area is 110 Å². The van der Waals surface area contributed by atoms with Gasteiger partial charge in [0.15, 0.2) is 0 Å². The van der Waals surface area contributed by atoms with Gasteiger partial charge < -0.3 is 5.32 Å². The Balaban J connectivity index is 1.76. The summed E-state index contributed by atoms with van der Waals surface area (Å²) in [4.78, 5) is 5.64. The van der Waals surface area contributed by atoms with Crippen molar-refractivity contribution >= 4 is 5.82 Å². The lowest BCUT2D eigenvalue weighted by Gasteiger charge is -2.18. The predicted octanol–water partition coefficient (Wildman–Crippen LogP) is 2.69. The molecule has 0 radical (unpaired) electrons. The number of pyridine rings is 1. The first-order valence-electron chi connectivity index (χ1n) is 6.38. The third-order valence-corrected chi connectivity index (χ3v) is 3.26. The average molecular weight is 273 g/mol. The van der Waals surface area contributed by atoms with E-state index in [0.29, 0.717) is 19.6 Å². The molecule has 1 aromatic heterocycles. The second-order valence-corrected chi connectivity index (χ2v) is 5.10. The molecule has 1 aliphatic rings. The average Bonchev–Trinajstić information content (AvgIpc) is 2.72. The van der Waals surface area contributed by atoms with Crippen LogP contribution in [0.15, 0.2) is 18.3 Å². The molecule has 1 aliphatic heterocycles. The molecule has 1 saturated heterocycles. The van der Waals surface area contributed by atoms with Crippen LogP contribution in [0, 0.1) is 12.8 Å². The predicted molar refractivity (Wildman–Crippen MR) is 68.1 cm³/mol. The molecule has 1 N–H and O–H groups in total. The Hall–Kier alpha value is -1.30. The summed E-state index contributed by atoms with van der Waals surface area (Å²) in [6, 6.07) is 3.84. The topological polar surface area (TPSA) is 28.2 Å². The van der Waals surface area contributed by atoms with Gasteiger partial charge in [0.2, 0.25) is 0 Å². The molecule has 3 nitrogen and oxygen atoms in total. The Morgan fingerprint density at radius 1 is 1.47 bits per heavy atom. The number of aromatic nitrogens is 1. The van der Waals surface area contributed by atoms with Gasteiger partial charge in [0.05, 0.1) is 6.54 Å². The van der Waals surface area contributed by atoms with Crippen LogP contribution < -0.4 is 5.32 Å². The summed E-state index contributed by atoms with van der Waals surface area (Å²) in [7, 11) is 0. The number of nitrogens with one attached hydrogen (secondary N) is 1. The second-order valence-electron chi connectivity index (χ2n) is 5.10. The van der Waals surface area contributed by atoms with Crippen LogP contribution in [-0.2, 0) is 0 Å². The van der Waals surface area contributed by atoms with Crippen molar-refractivity contribution < 1.29 is 13.2 Å². The number of halogens is 3. The molecule has 0 aromatic carbocycles. The lowest BCUT2D eigenvalue weighted by atomic mass is 10.1. The lowest BCUT2D eigenvalue weighted by molar-refractivity contribution is -0.143. The van der Waals surface area contributed by atoms with Crippen LogP contribution in [-0.4, -0.2) is 42.2 Å². The Morgan fingerprint density at radius 2 is 2.26 bits per heavy atom. The number of nitrogens with zero attached hydrogens (tertiary/aromatic N) is 2. The van der Waals surface area contributed by atoms with E-state index in [4.69, 9.17) is 0 Å². The van der Waals surface area contributed by atoms with Crippen molar-refractivity contribution in [2.24, 2.45) is 5.92 Å². The van der Waals surface area contributed by atoms with Crippen LogP contribution in [0.25, 0.3) is 0 Å². The molecule has 6 heteroatoms. The maximum absolute atomic E-state index is 12.3. The first-order valence-corrected chi connectivity index (χ1v) is 6.38. The van der Waals surface area contributed by atoms with E-state index in [9.17, 15) is 13.2 Å². The van der Waals surface area contributed by atoms with Gasteiger partial charge in [-0.05, 0) is 43.5 Å². The standard InChI is InChI=1S/C13H18F3N3/c1-10-2-4-17-12(6-10)18-7-11-3-5-19(8-11)9-13(14,15)16/h2,4,6,11H,3,5,7-9H2,1H3,(H,17,18). The molecule has 0 saturated carbocycles. The Kier molecular flexibility index (Phi) is 4.29. The molecule has 19 heavy (non-hydrogen) atoms. The SMILES string of the molecule is Cc1ccnc(NCC2CCN(CC(F)(F)F)C2)c1. The molecule has 1 unspecified atom stereocenters. The van der Waals surface area contributed by atoms with Crippen molar-refractivity contribution in [3.8, 4) is 0 Å². The number of anilines is 1. The van der Waals surface area contributed by atoms with Crippen molar-refractivity contribution in [3.63, 3.8) is 0 Å². The van der Waals surface area contributed by atoms with Crippen LogP contribution in [0.2, 0.25) is 0 Å². The molecule has 0 amide bonds. The number of likely N-dealkylation sites (tertiary alicyclic amines) is 1. The van der Waals surface area contributed by atoms with Crippen LogP contribution in [0.5, 0.6) is 0 Å². The molecule has 0 aliphatic carbocycles. The fourth-order valence-electron chi connectivity index (χ4n) is 2.36. The van der Waals surface area contributed by atoms with Gasteiger partial charge in [0.25, 0.3) is 0 Å². The lowest BCUT2D eigenvalue weighted by Crippen LogP contribution is -2.33. The molecule has 2 rings (SSSR count). The Bertz CT molecular complexity index is 420. The molecule has 2 heterocycles. The summed E-state index contributed by atoms with van der Waals surface area (Å²) < 4.78 is 36.8. The van der Waals surface area contributed by atoms with Gasteiger partial charge in [-0.2, -0.15) is 13.2 Å². The minimum atomic E-state index is -4.10. The molecular weight excluding hydrogens is 255 g/mol. The normalized spacial score (nSPS) is 20.7. The molecule has 0 bridgehead atoms. The van der Waals surface area contributed by atoms with Gasteiger partial charge >= 0.3 is 6.18 Å². The quantitative estimate of drug-likeness (QED) is 0.914. The summed E-state index contributed by atoms with van der Waals surface area (Å²) in [6.45, 7) is 2.87. The van der Waals surface area contributed by atoms with Crippen LogP contribution in [0.1, 0.15) is 12.0 Å². The van der Waals surface area contributed by atoms with Gasteiger partial charge in [-0.1, -0.05) is 0 Å². The van der Waals surface area contributed by atoms with Crippen molar-refractivity contribution in [3.05, 3.63) is 23.9 Å². The van der Waals surface area contributed by atoms with Crippen molar-refractivity contribution in [1.29, 1.82) is 0 Å². The van der Waals surface area contributed by atoms with E-state index in [-0.39, 0.29) is 5.92 Å². The van der Waals surface area contributed by atoms with Crippen molar-refractivity contribution in [2.45, 2.75) is 19.5 Å². The highest BCUT2D eigenvalue weighted by Gasteiger charge is 2.34. The van der Waals surface area contributed by atoms with E-state index in [2.05, 4.69) is 10.3 Å². The van der Waals surface area contributed by atoms with Gasteiger partial charge in [-0.15, -0.1) is 0 Å². The number of aryl methyl sites for hydroxylation is 1. The summed E-state index contributed by atoms with van der Waals surface area (Å²) in [5, 5.41) is 3.19. The molecule has 1 aromatic rings. The zero-order valence-corrected chi connectivity index (χ0v) is 10.9. The smallest absolute Gasteiger partial charge is 0.370 e. The highest BCUT2D eigenvalue weighted by molar-refractivity contribution is 5.36. The number of hydrogen-bond acceptors (Lipinski definition) is 3. The van der Waals surface area contributed by atoms with E-state index in [1.807, 2.05) is 19.1 Å². The minimum absolute atomic E-state index is 0.254. The first-order chi connectivity index (χ1) is 8.92. The van der Waals surface area contributed by atoms with Crippen LogP contribution in [0.3, 0.4) is 0 Å². The zero-order valence-electron chi connectivity index (χ0n) is 10.9. The fraction of sp³-hybridized carbons (Fsp3) is 0.615. The molecule has 1 atom stereocenters. The summed E-state index contributed by atoms with van der Waals surface area (Å²) >= 11 is 0. The van der Waals surface area contributed by atoms with Gasteiger partial charge in [0, 0.05) is 19.3 Å². The number of hydrogen-bond donors (Lipinski definition) is 1. The second kappa shape index (κ2) is 5.77. The fourth-order valence-corrected chi connectivity index (χ4v) is 2.36. The van der Waals surface area contributed by atoms with E-state index in [0.717, 1.165) is 17.8 Å². The van der Waals surface area contributed by atoms with Gasteiger partial charge in [-0.25, -0.2) is 4.98 Å². The highest BCUT2D eigenvalue weighted by Crippen LogP contribution is 2.22.